The molecule has 3 nitrogen and oxygen atoms in total. The first-order chi connectivity index (χ1) is 7.37. The van der Waals surface area contributed by atoms with Gasteiger partial charge in [0.2, 0.25) is 0 Å². The van der Waals surface area contributed by atoms with Gasteiger partial charge in [-0.3, -0.25) is 4.79 Å². The Morgan fingerprint density at radius 1 is 1.44 bits per heavy atom. The lowest BCUT2D eigenvalue weighted by molar-refractivity contribution is -0.139. The van der Waals surface area contributed by atoms with Crippen molar-refractivity contribution in [2.45, 2.75) is 19.8 Å². The van der Waals surface area contributed by atoms with Crippen LogP contribution in [0.5, 0.6) is 5.75 Å². The number of benzene rings is 1. The summed E-state index contributed by atoms with van der Waals surface area (Å²) in [6, 6.07) is 5.05. The first kappa shape index (κ1) is 11.3. The van der Waals surface area contributed by atoms with Crippen LogP contribution in [0.2, 0.25) is 5.02 Å². The minimum absolute atomic E-state index is 0.00555. The van der Waals surface area contributed by atoms with Crippen molar-refractivity contribution >= 4 is 17.6 Å². The molecular weight excluding hydrogens is 228 g/mol. The molecule has 2 rings (SSSR count). The summed E-state index contributed by atoms with van der Waals surface area (Å²) >= 11 is 5.81. The van der Waals surface area contributed by atoms with Crippen LogP contribution in [0, 0.1) is 11.3 Å². The third-order valence-corrected chi connectivity index (χ3v) is 3.75. The molecular formula is C12H13ClO3. The predicted octanol–water partition coefficient (Wildman–Crippen LogP) is 2.87. The van der Waals surface area contributed by atoms with Crippen LogP contribution in [-0.2, 0) is 4.79 Å². The molecule has 1 aromatic rings. The second-order valence-electron chi connectivity index (χ2n) is 4.79. The van der Waals surface area contributed by atoms with Gasteiger partial charge in [0.15, 0.2) is 0 Å². The van der Waals surface area contributed by atoms with Gasteiger partial charge in [0.1, 0.15) is 5.75 Å². The molecule has 4 heteroatoms. The fourth-order valence-electron chi connectivity index (χ4n) is 2.46. The summed E-state index contributed by atoms with van der Waals surface area (Å²) in [5.41, 5.74) is 0.304. The van der Waals surface area contributed by atoms with Gasteiger partial charge in [-0.1, -0.05) is 37.6 Å². The average Bonchev–Trinajstić information content (AvgIpc) is 2.74. The third kappa shape index (κ3) is 1.47. The molecule has 1 fully saturated rings. The lowest BCUT2D eigenvalue weighted by atomic mass is 10.0. The number of halogens is 1. The molecule has 1 saturated carbocycles. The summed E-state index contributed by atoms with van der Waals surface area (Å²) in [6.07, 6.45) is 0. The van der Waals surface area contributed by atoms with E-state index in [0.29, 0.717) is 5.56 Å². The lowest BCUT2D eigenvalue weighted by Gasteiger charge is -2.06. The summed E-state index contributed by atoms with van der Waals surface area (Å²) < 4.78 is 0. The predicted molar refractivity (Wildman–Crippen MR) is 60.8 cm³/mol. The van der Waals surface area contributed by atoms with Gasteiger partial charge in [-0.15, -0.1) is 0 Å². The van der Waals surface area contributed by atoms with E-state index in [-0.39, 0.29) is 22.1 Å². The highest BCUT2D eigenvalue weighted by Crippen LogP contribution is 2.66. The molecule has 2 N–H and O–H groups in total. The highest BCUT2D eigenvalue weighted by Gasteiger charge is 2.63. The van der Waals surface area contributed by atoms with Crippen molar-refractivity contribution in [3.63, 3.8) is 0 Å². The van der Waals surface area contributed by atoms with E-state index in [0.717, 1.165) is 0 Å². The molecule has 0 heterocycles. The van der Waals surface area contributed by atoms with E-state index in [2.05, 4.69) is 0 Å². The van der Waals surface area contributed by atoms with E-state index in [1.165, 1.54) is 0 Å². The number of carboxylic acids is 1. The van der Waals surface area contributed by atoms with E-state index >= 15 is 0 Å². The van der Waals surface area contributed by atoms with Crippen molar-refractivity contribution in [3.05, 3.63) is 28.8 Å². The first-order valence-corrected chi connectivity index (χ1v) is 5.45. The van der Waals surface area contributed by atoms with Gasteiger partial charge >= 0.3 is 5.97 Å². The van der Waals surface area contributed by atoms with Gasteiger partial charge in [-0.25, -0.2) is 0 Å². The molecule has 0 aromatic heterocycles. The molecule has 0 radical (unpaired) electrons. The number of para-hydroxylation sites is 1. The van der Waals surface area contributed by atoms with Crippen LogP contribution in [0.1, 0.15) is 25.3 Å². The van der Waals surface area contributed by atoms with Gasteiger partial charge in [0.05, 0.1) is 10.9 Å². The van der Waals surface area contributed by atoms with Gasteiger partial charge in [0.25, 0.3) is 0 Å². The number of phenols is 1. The summed E-state index contributed by atoms with van der Waals surface area (Å²) in [5.74, 6) is -1.43. The quantitative estimate of drug-likeness (QED) is 0.836. The maximum Gasteiger partial charge on any atom is 0.307 e. The van der Waals surface area contributed by atoms with Crippen LogP contribution in [0.25, 0.3) is 0 Å². The molecule has 0 bridgehead atoms. The second kappa shape index (κ2) is 3.39. The Labute approximate surface area is 98.7 Å². The van der Waals surface area contributed by atoms with Gasteiger partial charge < -0.3 is 10.2 Å². The maximum absolute atomic E-state index is 11.0. The number of hydrogen-bond donors (Lipinski definition) is 2. The zero-order valence-corrected chi connectivity index (χ0v) is 9.82. The Bertz CT molecular complexity index is 454. The molecule has 0 amide bonds. The number of hydrogen-bond acceptors (Lipinski definition) is 2. The molecule has 1 aliphatic carbocycles. The van der Waals surface area contributed by atoms with Crippen LogP contribution in [-0.4, -0.2) is 16.2 Å². The van der Waals surface area contributed by atoms with Crippen molar-refractivity contribution in [2.24, 2.45) is 11.3 Å². The number of rotatable bonds is 2. The minimum atomic E-state index is -0.825. The van der Waals surface area contributed by atoms with E-state index in [1.54, 1.807) is 18.2 Å². The molecule has 16 heavy (non-hydrogen) atoms. The molecule has 1 aromatic carbocycles. The number of aliphatic carboxylic acids is 1. The van der Waals surface area contributed by atoms with Crippen LogP contribution in [0.15, 0.2) is 18.2 Å². The van der Waals surface area contributed by atoms with Crippen LogP contribution < -0.4 is 0 Å². The third-order valence-electron chi connectivity index (χ3n) is 3.45. The largest absolute Gasteiger partial charge is 0.506 e. The molecule has 86 valence electrons. The molecule has 0 unspecified atom stereocenters. The number of aromatic hydroxyl groups is 1. The monoisotopic (exact) mass is 240 g/mol. The average molecular weight is 241 g/mol. The van der Waals surface area contributed by atoms with E-state index < -0.39 is 11.9 Å². The van der Waals surface area contributed by atoms with Crippen LogP contribution in [0.4, 0.5) is 0 Å². The van der Waals surface area contributed by atoms with E-state index in [4.69, 9.17) is 16.7 Å². The van der Waals surface area contributed by atoms with Crippen molar-refractivity contribution in [2.75, 3.05) is 0 Å². The van der Waals surface area contributed by atoms with Crippen molar-refractivity contribution in [1.29, 1.82) is 0 Å². The zero-order chi connectivity index (χ0) is 12.1. The van der Waals surface area contributed by atoms with Gasteiger partial charge in [-0.2, -0.15) is 0 Å². The molecule has 2 atom stereocenters. The number of carboxylic acid groups (broad SMARTS) is 1. The fourth-order valence-corrected chi connectivity index (χ4v) is 2.64. The zero-order valence-electron chi connectivity index (χ0n) is 9.07. The lowest BCUT2D eigenvalue weighted by Crippen LogP contribution is -2.03. The smallest absolute Gasteiger partial charge is 0.307 e. The summed E-state index contributed by atoms with van der Waals surface area (Å²) in [6.45, 7) is 3.77. The number of phenolic OH excluding ortho intramolecular Hbond substituents is 1. The van der Waals surface area contributed by atoms with Crippen molar-refractivity contribution < 1.29 is 15.0 Å². The Balaban J connectivity index is 2.41. The SMILES string of the molecule is CC1(C)[C@H](C(=O)O)[C@H]1c1cccc(Cl)c1O. The highest BCUT2D eigenvalue weighted by molar-refractivity contribution is 6.32. The van der Waals surface area contributed by atoms with Crippen molar-refractivity contribution in [1.82, 2.24) is 0 Å². The first-order valence-electron chi connectivity index (χ1n) is 5.07. The number of carbonyl (C=O) groups is 1. The van der Waals surface area contributed by atoms with Gasteiger partial charge in [0, 0.05) is 5.92 Å². The van der Waals surface area contributed by atoms with Crippen LogP contribution in [0.3, 0.4) is 0 Å². The van der Waals surface area contributed by atoms with Crippen molar-refractivity contribution in [3.8, 4) is 5.75 Å². The normalized spacial score (nSPS) is 26.4. The van der Waals surface area contributed by atoms with E-state index in [9.17, 15) is 9.90 Å². The van der Waals surface area contributed by atoms with E-state index in [1.807, 2.05) is 13.8 Å². The molecule has 0 saturated heterocycles. The summed E-state index contributed by atoms with van der Waals surface area (Å²) in [4.78, 5) is 11.0. The molecule has 0 aliphatic heterocycles. The van der Waals surface area contributed by atoms with Gasteiger partial charge in [-0.05, 0) is 17.0 Å². The Hall–Kier alpha value is -1.22. The molecule has 1 aliphatic rings. The molecule has 0 spiro atoms. The Morgan fingerprint density at radius 3 is 2.56 bits per heavy atom. The second-order valence-corrected chi connectivity index (χ2v) is 5.20. The van der Waals surface area contributed by atoms with Crippen LogP contribution >= 0.6 is 11.6 Å². The highest BCUT2D eigenvalue weighted by atomic mass is 35.5. The fraction of sp³-hybridized carbons (Fsp3) is 0.417. The Kier molecular flexibility index (Phi) is 2.39. The maximum atomic E-state index is 11.0. The standard InChI is InChI=1S/C12H13ClO3/c1-12(2)8(9(12)11(15)16)6-4-3-5-7(13)10(6)14/h3-5,8-9,14H,1-2H3,(H,15,16)/t8-,9+/m1/s1. The summed E-state index contributed by atoms with van der Waals surface area (Å²) in [7, 11) is 0. The minimum Gasteiger partial charge on any atom is -0.506 e. The summed E-state index contributed by atoms with van der Waals surface area (Å²) in [5, 5.41) is 19.1. The topological polar surface area (TPSA) is 57.5 Å². The Morgan fingerprint density at radius 2 is 2.06 bits per heavy atom.